The molecule has 1 aromatic carbocycles. The Kier molecular flexibility index (Phi) is 5.63. The molecule has 0 saturated carbocycles. The van der Waals surface area contributed by atoms with E-state index in [-0.39, 0.29) is 11.6 Å². The highest BCUT2D eigenvalue weighted by Gasteiger charge is 2.08. The molecule has 1 unspecified atom stereocenters. The highest BCUT2D eigenvalue weighted by molar-refractivity contribution is 5.32. The maximum atomic E-state index is 12.0. The van der Waals surface area contributed by atoms with Crippen LogP contribution in [0.1, 0.15) is 29.8 Å². The largest absolute Gasteiger partial charge is 0.497 e. The average molecular weight is 350 g/mol. The van der Waals surface area contributed by atoms with Crippen molar-refractivity contribution in [2.45, 2.75) is 25.8 Å². The molecule has 1 atom stereocenters. The van der Waals surface area contributed by atoms with Gasteiger partial charge in [-0.3, -0.25) is 14.8 Å². The summed E-state index contributed by atoms with van der Waals surface area (Å²) in [5.41, 5.74) is 2.75. The molecule has 6 heteroatoms. The topological polar surface area (TPSA) is 79.9 Å². The zero-order chi connectivity index (χ0) is 18.4. The van der Waals surface area contributed by atoms with Crippen molar-refractivity contribution in [2.24, 2.45) is 0 Å². The zero-order valence-electron chi connectivity index (χ0n) is 14.9. The van der Waals surface area contributed by atoms with Crippen LogP contribution >= 0.6 is 0 Å². The number of aromatic nitrogens is 3. The Bertz CT molecular complexity index is 909. The van der Waals surface area contributed by atoms with Crippen molar-refractivity contribution < 1.29 is 4.74 Å². The molecular formula is C20H22N4O2. The lowest BCUT2D eigenvalue weighted by atomic mass is 10.1. The summed E-state index contributed by atoms with van der Waals surface area (Å²) in [4.78, 5) is 23.4. The number of nitrogens with one attached hydrogen (secondary N) is 2. The lowest BCUT2D eigenvalue weighted by Gasteiger charge is -2.14. The first-order valence-corrected chi connectivity index (χ1v) is 8.53. The van der Waals surface area contributed by atoms with Gasteiger partial charge in [-0.15, -0.1) is 0 Å². The number of rotatable bonds is 7. The number of aromatic amines is 1. The molecule has 6 nitrogen and oxygen atoms in total. The van der Waals surface area contributed by atoms with Crippen molar-refractivity contribution >= 4 is 5.95 Å². The van der Waals surface area contributed by atoms with Crippen LogP contribution in [0.4, 0.5) is 5.95 Å². The maximum Gasteiger partial charge on any atom is 0.252 e. The van der Waals surface area contributed by atoms with Gasteiger partial charge >= 0.3 is 0 Å². The fourth-order valence-electron chi connectivity index (χ4n) is 2.73. The van der Waals surface area contributed by atoms with E-state index in [1.807, 2.05) is 43.3 Å². The Balaban J connectivity index is 1.70. The lowest BCUT2D eigenvalue weighted by Crippen LogP contribution is -2.16. The number of methoxy groups -OCH3 is 1. The number of anilines is 1. The Morgan fingerprint density at radius 2 is 2.08 bits per heavy atom. The predicted molar refractivity (Wildman–Crippen MR) is 102 cm³/mol. The Labute approximate surface area is 152 Å². The number of H-pyrrole nitrogens is 1. The van der Waals surface area contributed by atoms with E-state index in [1.165, 1.54) is 0 Å². The second kappa shape index (κ2) is 8.29. The summed E-state index contributed by atoms with van der Waals surface area (Å²) in [7, 11) is 1.65. The molecule has 0 aliphatic carbocycles. The van der Waals surface area contributed by atoms with Gasteiger partial charge in [-0.05, 0) is 49.1 Å². The molecule has 0 radical (unpaired) electrons. The molecule has 0 aliphatic heterocycles. The summed E-state index contributed by atoms with van der Waals surface area (Å²) in [6, 6.07) is 13.3. The van der Waals surface area contributed by atoms with Gasteiger partial charge in [0, 0.05) is 18.5 Å². The van der Waals surface area contributed by atoms with E-state index in [2.05, 4.69) is 20.3 Å². The molecule has 0 spiro atoms. The van der Waals surface area contributed by atoms with Crippen LogP contribution in [0.2, 0.25) is 0 Å². The van der Waals surface area contributed by atoms with Gasteiger partial charge < -0.3 is 10.1 Å². The van der Waals surface area contributed by atoms with Crippen LogP contribution in [0.25, 0.3) is 0 Å². The first kappa shape index (κ1) is 17.7. The van der Waals surface area contributed by atoms with Crippen molar-refractivity contribution in [3.8, 4) is 5.75 Å². The molecule has 2 aromatic heterocycles. The van der Waals surface area contributed by atoms with E-state index in [4.69, 9.17) is 4.74 Å². The summed E-state index contributed by atoms with van der Waals surface area (Å²) in [6.07, 6.45) is 4.98. The fraction of sp³-hybridized carbons (Fsp3) is 0.250. The SMILES string of the molecule is COc1cccc(CCc2cc(=O)[nH]c(NC(C)c3cccnc3)n2)c1. The Hall–Kier alpha value is -3.15. The third-order valence-electron chi connectivity index (χ3n) is 4.14. The van der Waals surface area contributed by atoms with Crippen molar-refractivity contribution in [1.82, 2.24) is 15.0 Å². The van der Waals surface area contributed by atoms with Gasteiger partial charge in [-0.25, -0.2) is 4.98 Å². The van der Waals surface area contributed by atoms with Crippen molar-refractivity contribution in [3.05, 3.63) is 82.0 Å². The quantitative estimate of drug-likeness (QED) is 0.684. The van der Waals surface area contributed by atoms with Crippen LogP contribution in [0, 0.1) is 0 Å². The molecule has 2 N–H and O–H groups in total. The van der Waals surface area contributed by atoms with Crippen LogP contribution in [0.3, 0.4) is 0 Å². The van der Waals surface area contributed by atoms with Crippen molar-refractivity contribution in [3.63, 3.8) is 0 Å². The molecule has 3 aromatic rings. The number of pyridine rings is 1. The Morgan fingerprint density at radius 3 is 2.85 bits per heavy atom. The zero-order valence-corrected chi connectivity index (χ0v) is 14.9. The number of hydrogen-bond donors (Lipinski definition) is 2. The van der Waals surface area contributed by atoms with E-state index in [0.29, 0.717) is 12.4 Å². The number of benzene rings is 1. The van der Waals surface area contributed by atoms with E-state index in [1.54, 1.807) is 25.6 Å². The summed E-state index contributed by atoms with van der Waals surface area (Å²) >= 11 is 0. The number of nitrogens with zero attached hydrogens (tertiary/aromatic N) is 2. The number of hydrogen-bond acceptors (Lipinski definition) is 5. The van der Waals surface area contributed by atoms with Gasteiger partial charge in [0.25, 0.3) is 5.56 Å². The summed E-state index contributed by atoms with van der Waals surface area (Å²) in [5.74, 6) is 1.29. The maximum absolute atomic E-state index is 12.0. The van der Waals surface area contributed by atoms with Crippen LogP contribution < -0.4 is 15.6 Å². The molecule has 2 heterocycles. The first-order valence-electron chi connectivity index (χ1n) is 8.53. The van der Waals surface area contributed by atoms with E-state index in [9.17, 15) is 4.79 Å². The minimum Gasteiger partial charge on any atom is -0.497 e. The van der Waals surface area contributed by atoms with E-state index in [0.717, 1.165) is 29.0 Å². The second-order valence-electron chi connectivity index (χ2n) is 6.09. The monoisotopic (exact) mass is 350 g/mol. The molecule has 3 rings (SSSR count). The molecule has 0 fully saturated rings. The Morgan fingerprint density at radius 1 is 1.19 bits per heavy atom. The smallest absolute Gasteiger partial charge is 0.252 e. The van der Waals surface area contributed by atoms with Gasteiger partial charge in [0.1, 0.15) is 5.75 Å². The van der Waals surface area contributed by atoms with Crippen molar-refractivity contribution in [2.75, 3.05) is 12.4 Å². The molecule has 134 valence electrons. The van der Waals surface area contributed by atoms with Gasteiger partial charge in [0.2, 0.25) is 5.95 Å². The number of ether oxygens (including phenoxy) is 1. The third kappa shape index (κ3) is 4.69. The van der Waals surface area contributed by atoms with Gasteiger partial charge in [0.05, 0.1) is 18.8 Å². The van der Waals surface area contributed by atoms with Gasteiger partial charge in [-0.1, -0.05) is 18.2 Å². The lowest BCUT2D eigenvalue weighted by molar-refractivity contribution is 0.414. The highest BCUT2D eigenvalue weighted by atomic mass is 16.5. The minimum absolute atomic E-state index is 0.0134. The van der Waals surface area contributed by atoms with Crippen LogP contribution in [-0.2, 0) is 12.8 Å². The third-order valence-corrected chi connectivity index (χ3v) is 4.14. The van der Waals surface area contributed by atoms with Crippen LogP contribution in [0.5, 0.6) is 5.75 Å². The second-order valence-corrected chi connectivity index (χ2v) is 6.09. The van der Waals surface area contributed by atoms with E-state index >= 15 is 0 Å². The highest BCUT2D eigenvalue weighted by Crippen LogP contribution is 2.16. The number of aryl methyl sites for hydroxylation is 2. The molecular weight excluding hydrogens is 328 g/mol. The first-order chi connectivity index (χ1) is 12.6. The normalized spacial score (nSPS) is 11.8. The van der Waals surface area contributed by atoms with E-state index < -0.39 is 0 Å². The average Bonchev–Trinajstić information content (AvgIpc) is 2.67. The molecule has 0 bridgehead atoms. The summed E-state index contributed by atoms with van der Waals surface area (Å²) in [6.45, 7) is 2.00. The standard InChI is InChI=1S/C20H22N4O2/c1-14(16-6-4-10-21-13-16)22-20-23-17(12-19(25)24-20)9-8-15-5-3-7-18(11-15)26-2/h3-7,10-14H,8-9H2,1-2H3,(H2,22,23,24,25). The molecule has 0 aliphatic rings. The van der Waals surface area contributed by atoms with Gasteiger partial charge in [-0.2, -0.15) is 0 Å². The summed E-state index contributed by atoms with van der Waals surface area (Å²) < 4.78 is 5.25. The van der Waals surface area contributed by atoms with Crippen LogP contribution in [-0.4, -0.2) is 22.1 Å². The fourth-order valence-corrected chi connectivity index (χ4v) is 2.73. The minimum atomic E-state index is -0.165. The van der Waals surface area contributed by atoms with Crippen molar-refractivity contribution in [1.29, 1.82) is 0 Å². The van der Waals surface area contributed by atoms with Gasteiger partial charge in [0.15, 0.2) is 0 Å². The molecule has 26 heavy (non-hydrogen) atoms. The summed E-state index contributed by atoms with van der Waals surface area (Å²) in [5, 5.41) is 3.23. The molecule has 0 saturated heterocycles. The molecule has 0 amide bonds. The van der Waals surface area contributed by atoms with Crippen LogP contribution in [0.15, 0.2) is 59.7 Å². The predicted octanol–water partition coefficient (Wildman–Crippen LogP) is 3.13.